The summed E-state index contributed by atoms with van der Waals surface area (Å²) < 4.78 is 0. The van der Waals surface area contributed by atoms with Crippen LogP contribution in [0.15, 0.2) is 30.9 Å². The lowest BCUT2D eigenvalue weighted by Gasteiger charge is -2.05. The first kappa shape index (κ1) is 9.59. The normalized spacial score (nSPS) is 10.6. The number of benzene rings is 1. The van der Waals surface area contributed by atoms with Crippen LogP contribution in [0.4, 0.5) is 5.69 Å². The lowest BCUT2D eigenvalue weighted by molar-refractivity contribution is 1.38. The zero-order valence-electron chi connectivity index (χ0n) is 8.17. The molecule has 0 aliphatic carbocycles. The van der Waals surface area contributed by atoms with Crippen LogP contribution in [0.2, 0.25) is 0 Å². The van der Waals surface area contributed by atoms with Gasteiger partial charge in [-0.1, -0.05) is 24.8 Å². The Bertz CT molecular complexity index is 325. The molecule has 0 radical (unpaired) electrons. The molecule has 0 spiro atoms. The van der Waals surface area contributed by atoms with Crippen LogP contribution in [0, 0.1) is 13.8 Å². The Kier molecular flexibility index (Phi) is 2.91. The van der Waals surface area contributed by atoms with Crippen molar-refractivity contribution in [2.24, 2.45) is 0 Å². The summed E-state index contributed by atoms with van der Waals surface area (Å²) in [6.45, 7) is 7.67. The SMILES string of the molecule is C=CC=Cc1cc(C)c(N)c(C)c1. The summed E-state index contributed by atoms with van der Waals surface area (Å²) in [6, 6.07) is 4.14. The van der Waals surface area contributed by atoms with Gasteiger partial charge in [-0.15, -0.1) is 0 Å². The third-order valence-corrected chi connectivity index (χ3v) is 2.04. The summed E-state index contributed by atoms with van der Waals surface area (Å²) in [4.78, 5) is 0. The van der Waals surface area contributed by atoms with Gasteiger partial charge in [-0.05, 0) is 42.7 Å². The van der Waals surface area contributed by atoms with Crippen molar-refractivity contribution < 1.29 is 0 Å². The number of allylic oxidation sites excluding steroid dienone is 2. The molecule has 1 heteroatoms. The lowest BCUT2D eigenvalue weighted by atomic mass is 10.0. The van der Waals surface area contributed by atoms with Crippen molar-refractivity contribution in [3.8, 4) is 0 Å². The van der Waals surface area contributed by atoms with E-state index in [-0.39, 0.29) is 0 Å². The Morgan fingerprint density at radius 2 is 1.77 bits per heavy atom. The van der Waals surface area contributed by atoms with Gasteiger partial charge >= 0.3 is 0 Å². The van der Waals surface area contributed by atoms with E-state index < -0.39 is 0 Å². The third-order valence-electron chi connectivity index (χ3n) is 2.04. The van der Waals surface area contributed by atoms with Crippen LogP contribution >= 0.6 is 0 Å². The maximum atomic E-state index is 5.84. The number of nitrogen functional groups attached to an aromatic ring is 1. The van der Waals surface area contributed by atoms with Crippen molar-refractivity contribution in [2.75, 3.05) is 5.73 Å². The van der Waals surface area contributed by atoms with E-state index in [4.69, 9.17) is 5.73 Å². The van der Waals surface area contributed by atoms with Gasteiger partial charge in [-0.2, -0.15) is 0 Å². The molecular formula is C12H15N. The molecule has 0 saturated carbocycles. The summed E-state index contributed by atoms with van der Waals surface area (Å²) in [5.41, 5.74) is 10.1. The summed E-state index contributed by atoms with van der Waals surface area (Å²) >= 11 is 0. The number of aryl methyl sites for hydroxylation is 2. The summed E-state index contributed by atoms with van der Waals surface area (Å²) in [5.74, 6) is 0. The maximum absolute atomic E-state index is 5.84. The average Bonchev–Trinajstić information content (AvgIpc) is 2.10. The van der Waals surface area contributed by atoms with Crippen molar-refractivity contribution in [1.29, 1.82) is 0 Å². The smallest absolute Gasteiger partial charge is 0.0373 e. The molecule has 1 aromatic rings. The second-order valence-electron chi connectivity index (χ2n) is 3.16. The number of rotatable bonds is 2. The van der Waals surface area contributed by atoms with Gasteiger partial charge in [0.25, 0.3) is 0 Å². The maximum Gasteiger partial charge on any atom is 0.0373 e. The minimum atomic E-state index is 0.885. The van der Waals surface area contributed by atoms with E-state index in [1.54, 1.807) is 6.08 Å². The minimum Gasteiger partial charge on any atom is -0.398 e. The topological polar surface area (TPSA) is 26.0 Å². The van der Waals surface area contributed by atoms with Crippen LogP contribution in [0.5, 0.6) is 0 Å². The highest BCUT2D eigenvalue weighted by Gasteiger charge is 1.98. The molecule has 0 saturated heterocycles. The number of hydrogen-bond donors (Lipinski definition) is 1. The molecule has 0 unspecified atom stereocenters. The Hall–Kier alpha value is -1.50. The molecule has 13 heavy (non-hydrogen) atoms. The Morgan fingerprint density at radius 3 is 2.23 bits per heavy atom. The first-order valence-corrected chi connectivity index (χ1v) is 4.31. The highest BCUT2D eigenvalue weighted by molar-refractivity contribution is 5.61. The molecule has 0 fully saturated rings. The third kappa shape index (κ3) is 2.22. The zero-order chi connectivity index (χ0) is 9.84. The van der Waals surface area contributed by atoms with E-state index in [1.807, 2.05) is 26.0 Å². The molecule has 0 aliphatic heterocycles. The first-order chi connectivity index (χ1) is 6.15. The van der Waals surface area contributed by atoms with Gasteiger partial charge in [-0.25, -0.2) is 0 Å². The molecule has 0 heterocycles. The van der Waals surface area contributed by atoms with E-state index in [0.717, 1.165) is 16.8 Å². The van der Waals surface area contributed by atoms with E-state index in [0.29, 0.717) is 0 Å². The highest BCUT2D eigenvalue weighted by Crippen LogP contribution is 2.19. The number of nitrogens with two attached hydrogens (primary N) is 1. The van der Waals surface area contributed by atoms with Gasteiger partial charge in [0.2, 0.25) is 0 Å². The van der Waals surface area contributed by atoms with Crippen molar-refractivity contribution in [3.05, 3.63) is 47.6 Å². The molecule has 1 rings (SSSR count). The van der Waals surface area contributed by atoms with Crippen LogP contribution in [-0.4, -0.2) is 0 Å². The van der Waals surface area contributed by atoms with Crippen LogP contribution in [0.25, 0.3) is 6.08 Å². The van der Waals surface area contributed by atoms with Gasteiger partial charge in [-0.3, -0.25) is 0 Å². The second kappa shape index (κ2) is 3.94. The van der Waals surface area contributed by atoms with Crippen LogP contribution in [-0.2, 0) is 0 Å². The predicted molar refractivity (Wildman–Crippen MR) is 59.6 cm³/mol. The average molecular weight is 173 g/mol. The molecule has 1 aromatic carbocycles. The predicted octanol–water partition coefficient (Wildman–Crippen LogP) is 3.08. The minimum absolute atomic E-state index is 0.885. The van der Waals surface area contributed by atoms with E-state index >= 15 is 0 Å². The summed E-state index contributed by atoms with van der Waals surface area (Å²) in [5, 5.41) is 0. The van der Waals surface area contributed by atoms with Gasteiger partial charge in [0.1, 0.15) is 0 Å². The van der Waals surface area contributed by atoms with Gasteiger partial charge < -0.3 is 5.73 Å². The Morgan fingerprint density at radius 1 is 1.23 bits per heavy atom. The molecule has 0 bridgehead atoms. The molecule has 0 aromatic heterocycles. The van der Waals surface area contributed by atoms with Crippen LogP contribution in [0.3, 0.4) is 0 Å². The molecule has 2 N–H and O–H groups in total. The van der Waals surface area contributed by atoms with Crippen molar-refractivity contribution in [2.45, 2.75) is 13.8 Å². The van der Waals surface area contributed by atoms with E-state index in [2.05, 4.69) is 18.7 Å². The lowest BCUT2D eigenvalue weighted by Crippen LogP contribution is -1.93. The summed E-state index contributed by atoms with van der Waals surface area (Å²) in [6.07, 6.45) is 5.71. The fourth-order valence-corrected chi connectivity index (χ4v) is 1.28. The molecule has 0 amide bonds. The van der Waals surface area contributed by atoms with Crippen molar-refractivity contribution in [3.63, 3.8) is 0 Å². The van der Waals surface area contributed by atoms with E-state index in [1.165, 1.54) is 5.56 Å². The van der Waals surface area contributed by atoms with E-state index in [9.17, 15) is 0 Å². The quantitative estimate of drug-likeness (QED) is 0.539. The Labute approximate surface area is 79.6 Å². The highest BCUT2D eigenvalue weighted by atomic mass is 14.6. The number of hydrogen-bond acceptors (Lipinski definition) is 1. The molecule has 68 valence electrons. The van der Waals surface area contributed by atoms with Crippen LogP contribution < -0.4 is 5.73 Å². The van der Waals surface area contributed by atoms with Crippen molar-refractivity contribution >= 4 is 11.8 Å². The van der Waals surface area contributed by atoms with Crippen molar-refractivity contribution in [1.82, 2.24) is 0 Å². The van der Waals surface area contributed by atoms with Crippen LogP contribution in [0.1, 0.15) is 16.7 Å². The fourth-order valence-electron chi connectivity index (χ4n) is 1.28. The van der Waals surface area contributed by atoms with Gasteiger partial charge in [0, 0.05) is 5.69 Å². The monoisotopic (exact) mass is 173 g/mol. The summed E-state index contributed by atoms with van der Waals surface area (Å²) in [7, 11) is 0. The number of anilines is 1. The second-order valence-corrected chi connectivity index (χ2v) is 3.16. The zero-order valence-corrected chi connectivity index (χ0v) is 8.17. The first-order valence-electron chi connectivity index (χ1n) is 4.31. The van der Waals surface area contributed by atoms with Gasteiger partial charge in [0.15, 0.2) is 0 Å². The molecule has 0 aliphatic rings. The fraction of sp³-hybridized carbons (Fsp3) is 0.167. The standard InChI is InChI=1S/C12H15N/c1-4-5-6-11-7-9(2)12(13)10(3)8-11/h4-8H,1,13H2,2-3H3. The molecular weight excluding hydrogens is 158 g/mol. The Balaban J connectivity index is 3.12. The largest absolute Gasteiger partial charge is 0.398 e. The van der Waals surface area contributed by atoms with Gasteiger partial charge in [0.05, 0.1) is 0 Å². The molecule has 1 nitrogen and oxygen atoms in total. The molecule has 0 atom stereocenters.